The number of nitrogens with one attached hydrogen (secondary N) is 1. The van der Waals surface area contributed by atoms with Crippen molar-refractivity contribution in [2.24, 2.45) is 0 Å². The fourth-order valence-electron chi connectivity index (χ4n) is 2.94. The topological polar surface area (TPSA) is 116 Å². The minimum Gasteiger partial charge on any atom is -0.495 e. The standard InChI is InChI=1S/C17H12N4O4/c1-25-9-5-8-3-2-4-11(14(8)19-7-9)21-12(22)6-10-13(15(21)18)17(24)20-16(10)23/h2-7H,18H2,1H3,(H,20,23,24). The Morgan fingerprint density at radius 3 is 2.72 bits per heavy atom. The lowest BCUT2D eigenvalue weighted by Crippen LogP contribution is -2.24. The molecule has 25 heavy (non-hydrogen) atoms. The van der Waals surface area contributed by atoms with E-state index in [0.717, 1.165) is 11.5 Å². The summed E-state index contributed by atoms with van der Waals surface area (Å²) in [5.74, 6) is -0.780. The zero-order valence-corrected chi connectivity index (χ0v) is 13.1. The number of amides is 2. The first-order chi connectivity index (χ1) is 12.0. The van der Waals surface area contributed by atoms with Gasteiger partial charge in [-0.1, -0.05) is 12.1 Å². The van der Waals surface area contributed by atoms with Crippen LogP contribution in [0.25, 0.3) is 16.6 Å². The summed E-state index contributed by atoms with van der Waals surface area (Å²) in [6.45, 7) is 0. The van der Waals surface area contributed by atoms with Crippen LogP contribution in [-0.4, -0.2) is 28.5 Å². The zero-order chi connectivity index (χ0) is 17.7. The van der Waals surface area contributed by atoms with Crippen LogP contribution in [0.15, 0.2) is 41.3 Å². The van der Waals surface area contributed by atoms with Gasteiger partial charge < -0.3 is 10.5 Å². The molecule has 0 bridgehead atoms. The summed E-state index contributed by atoms with van der Waals surface area (Å²) in [4.78, 5) is 40.6. The van der Waals surface area contributed by atoms with E-state index in [1.807, 2.05) is 6.07 Å². The van der Waals surface area contributed by atoms with Gasteiger partial charge in [-0.15, -0.1) is 0 Å². The number of aromatic nitrogens is 2. The van der Waals surface area contributed by atoms with Crippen molar-refractivity contribution in [2.75, 3.05) is 12.8 Å². The minimum atomic E-state index is -0.628. The lowest BCUT2D eigenvalue weighted by molar-refractivity contribution is 0.0880. The van der Waals surface area contributed by atoms with Crippen molar-refractivity contribution in [1.82, 2.24) is 14.9 Å². The number of carbonyl (C=O) groups is 2. The lowest BCUT2D eigenvalue weighted by atomic mass is 10.1. The second-order valence-corrected chi connectivity index (χ2v) is 5.50. The minimum absolute atomic E-state index is 0.00452. The molecular formula is C17H12N4O4. The quantitative estimate of drug-likeness (QED) is 0.671. The Kier molecular flexibility index (Phi) is 3.08. The molecule has 0 aliphatic carbocycles. The van der Waals surface area contributed by atoms with Crippen molar-refractivity contribution < 1.29 is 14.3 Å². The fourth-order valence-corrected chi connectivity index (χ4v) is 2.94. The van der Waals surface area contributed by atoms with E-state index < -0.39 is 17.4 Å². The van der Waals surface area contributed by atoms with Crippen molar-refractivity contribution >= 4 is 28.5 Å². The normalized spacial score (nSPS) is 13.0. The number of para-hydroxylation sites is 1. The maximum Gasteiger partial charge on any atom is 0.262 e. The van der Waals surface area contributed by atoms with Crippen molar-refractivity contribution in [3.05, 3.63) is 58.0 Å². The summed E-state index contributed by atoms with van der Waals surface area (Å²) in [5.41, 5.74) is 6.45. The maximum absolute atomic E-state index is 12.6. The monoisotopic (exact) mass is 336 g/mol. The van der Waals surface area contributed by atoms with Crippen LogP contribution >= 0.6 is 0 Å². The Labute approximate surface area is 140 Å². The number of pyridine rings is 2. The van der Waals surface area contributed by atoms with Crippen LogP contribution in [0.5, 0.6) is 5.75 Å². The van der Waals surface area contributed by atoms with Crippen LogP contribution in [0.2, 0.25) is 0 Å². The van der Waals surface area contributed by atoms with Gasteiger partial charge in [0.15, 0.2) is 0 Å². The smallest absolute Gasteiger partial charge is 0.262 e. The molecule has 3 aromatic rings. The van der Waals surface area contributed by atoms with Crippen LogP contribution in [-0.2, 0) is 0 Å². The summed E-state index contributed by atoms with van der Waals surface area (Å²) in [7, 11) is 1.53. The first kappa shape index (κ1) is 14.9. The molecule has 0 spiro atoms. The molecule has 0 radical (unpaired) electrons. The molecule has 0 unspecified atom stereocenters. The van der Waals surface area contributed by atoms with Gasteiger partial charge in [-0.2, -0.15) is 0 Å². The maximum atomic E-state index is 12.6. The van der Waals surface area contributed by atoms with Crippen molar-refractivity contribution in [2.45, 2.75) is 0 Å². The highest BCUT2D eigenvalue weighted by atomic mass is 16.5. The molecule has 2 aromatic heterocycles. The van der Waals surface area contributed by atoms with E-state index >= 15 is 0 Å². The number of rotatable bonds is 2. The van der Waals surface area contributed by atoms with Gasteiger partial charge >= 0.3 is 0 Å². The number of ether oxygens (including phenoxy) is 1. The van der Waals surface area contributed by atoms with Crippen LogP contribution < -0.4 is 21.3 Å². The van der Waals surface area contributed by atoms with Gasteiger partial charge in [0.25, 0.3) is 17.4 Å². The SMILES string of the molecule is COc1cnc2c(-n3c(N)c4c(cc3=O)C(=O)NC4=O)cccc2c1. The molecule has 1 aliphatic rings. The Hall–Kier alpha value is -3.68. The van der Waals surface area contributed by atoms with Crippen LogP contribution in [0.1, 0.15) is 20.7 Å². The summed E-state index contributed by atoms with van der Waals surface area (Å²) in [6, 6.07) is 8.11. The van der Waals surface area contributed by atoms with E-state index in [0.29, 0.717) is 17.0 Å². The number of hydrogen-bond donors (Lipinski definition) is 2. The van der Waals surface area contributed by atoms with Crippen LogP contribution in [0, 0.1) is 0 Å². The van der Waals surface area contributed by atoms with Gasteiger partial charge in [-0.05, 0) is 12.1 Å². The van der Waals surface area contributed by atoms with Gasteiger partial charge in [-0.25, -0.2) is 0 Å². The van der Waals surface area contributed by atoms with Gasteiger partial charge in [0.1, 0.15) is 11.6 Å². The number of imide groups is 1. The van der Waals surface area contributed by atoms with Gasteiger partial charge in [0, 0.05) is 11.5 Å². The Balaban J connectivity index is 2.05. The van der Waals surface area contributed by atoms with E-state index in [9.17, 15) is 14.4 Å². The third-order valence-electron chi connectivity index (χ3n) is 4.09. The molecule has 0 saturated carbocycles. The number of nitrogen functional groups attached to an aromatic ring is 1. The van der Waals surface area contributed by atoms with Crippen molar-refractivity contribution in [1.29, 1.82) is 0 Å². The first-order valence-corrected chi connectivity index (χ1v) is 7.35. The molecule has 2 amide bonds. The van der Waals surface area contributed by atoms with Crippen LogP contribution in [0.4, 0.5) is 5.82 Å². The molecule has 0 saturated heterocycles. The number of hydrogen-bond acceptors (Lipinski definition) is 6. The molecule has 3 N–H and O–H groups in total. The van der Waals surface area contributed by atoms with Crippen molar-refractivity contribution in [3.63, 3.8) is 0 Å². The highest BCUT2D eigenvalue weighted by Crippen LogP contribution is 2.27. The highest BCUT2D eigenvalue weighted by Gasteiger charge is 2.32. The number of nitrogens with two attached hydrogens (primary N) is 1. The zero-order valence-electron chi connectivity index (χ0n) is 13.1. The summed E-state index contributed by atoms with van der Waals surface area (Å²) in [5, 5.41) is 2.88. The Morgan fingerprint density at radius 2 is 1.96 bits per heavy atom. The van der Waals surface area contributed by atoms with E-state index in [2.05, 4.69) is 10.3 Å². The predicted octanol–water partition coefficient (Wildman–Crippen LogP) is 0.860. The molecule has 1 aliphatic heterocycles. The fraction of sp³-hybridized carbons (Fsp3) is 0.0588. The van der Waals surface area contributed by atoms with E-state index in [4.69, 9.17) is 10.5 Å². The molecule has 124 valence electrons. The number of methoxy groups -OCH3 is 1. The highest BCUT2D eigenvalue weighted by molar-refractivity contribution is 6.23. The van der Waals surface area contributed by atoms with E-state index in [1.165, 1.54) is 17.9 Å². The van der Waals surface area contributed by atoms with Gasteiger partial charge in [0.2, 0.25) is 0 Å². The third-order valence-corrected chi connectivity index (χ3v) is 4.09. The molecule has 8 heteroatoms. The average Bonchev–Trinajstić information content (AvgIpc) is 2.88. The summed E-state index contributed by atoms with van der Waals surface area (Å²) in [6.07, 6.45) is 1.52. The third kappa shape index (κ3) is 2.08. The number of nitrogens with zero attached hydrogens (tertiary/aromatic N) is 2. The molecule has 4 rings (SSSR count). The number of carbonyl (C=O) groups excluding carboxylic acids is 2. The molecular weight excluding hydrogens is 324 g/mol. The first-order valence-electron chi connectivity index (χ1n) is 7.35. The second kappa shape index (κ2) is 5.17. The number of benzene rings is 1. The van der Waals surface area contributed by atoms with E-state index in [1.54, 1.807) is 18.2 Å². The van der Waals surface area contributed by atoms with E-state index in [-0.39, 0.29) is 16.9 Å². The van der Waals surface area contributed by atoms with Gasteiger partial charge in [0.05, 0.1) is 35.6 Å². The lowest BCUT2D eigenvalue weighted by Gasteiger charge is -2.14. The number of anilines is 1. The molecule has 0 fully saturated rings. The summed E-state index contributed by atoms with van der Waals surface area (Å²) < 4.78 is 6.33. The summed E-state index contributed by atoms with van der Waals surface area (Å²) >= 11 is 0. The second-order valence-electron chi connectivity index (χ2n) is 5.50. The average molecular weight is 336 g/mol. The molecule has 0 atom stereocenters. The van der Waals surface area contributed by atoms with Crippen LogP contribution in [0.3, 0.4) is 0 Å². The van der Waals surface area contributed by atoms with Gasteiger partial charge in [-0.3, -0.25) is 29.3 Å². The molecule has 3 heterocycles. The Morgan fingerprint density at radius 1 is 1.16 bits per heavy atom. The molecule has 8 nitrogen and oxygen atoms in total. The number of fused-ring (bicyclic) bond motifs is 2. The van der Waals surface area contributed by atoms with Crippen molar-refractivity contribution in [3.8, 4) is 11.4 Å². The predicted molar refractivity (Wildman–Crippen MR) is 90.1 cm³/mol. The molecule has 1 aromatic carbocycles. The largest absolute Gasteiger partial charge is 0.495 e. The Bertz CT molecular complexity index is 1130.